The van der Waals surface area contributed by atoms with Crippen LogP contribution in [0.2, 0.25) is 0 Å². The van der Waals surface area contributed by atoms with Crippen LogP contribution in [0, 0.1) is 0 Å². The predicted octanol–water partition coefficient (Wildman–Crippen LogP) is 0.286. The summed E-state index contributed by atoms with van der Waals surface area (Å²) >= 11 is 1.39. The van der Waals surface area contributed by atoms with Gasteiger partial charge in [-0.15, -0.1) is 5.10 Å². The molecule has 3 aromatic rings. The number of hydrazine groups is 1. The maximum atomic E-state index is 12.0. The van der Waals surface area contributed by atoms with Crippen LogP contribution in [0.5, 0.6) is 0 Å². The number of anilines is 1. The third kappa shape index (κ3) is 1.77. The summed E-state index contributed by atoms with van der Waals surface area (Å²) in [6.07, 6.45) is 3.37. The van der Waals surface area contributed by atoms with Gasteiger partial charge in [0.05, 0.1) is 6.54 Å². The molecule has 0 aromatic carbocycles. The van der Waals surface area contributed by atoms with Gasteiger partial charge in [0.15, 0.2) is 10.8 Å². The van der Waals surface area contributed by atoms with Gasteiger partial charge in [0.1, 0.15) is 0 Å². The quantitative estimate of drug-likeness (QED) is 0.523. The Labute approximate surface area is 105 Å². The van der Waals surface area contributed by atoms with E-state index in [1.807, 2.05) is 6.07 Å². The first-order valence-corrected chi connectivity index (χ1v) is 6.05. The maximum Gasteiger partial charge on any atom is 0.350 e. The van der Waals surface area contributed by atoms with Gasteiger partial charge in [-0.05, 0) is 12.1 Å². The second-order valence-corrected chi connectivity index (χ2v) is 4.76. The van der Waals surface area contributed by atoms with Crippen LogP contribution >= 0.6 is 11.3 Å². The lowest BCUT2D eigenvalue weighted by Gasteiger charge is -1.93. The summed E-state index contributed by atoms with van der Waals surface area (Å²) in [6, 6.07) is 5.43. The molecule has 0 spiro atoms. The van der Waals surface area contributed by atoms with E-state index in [9.17, 15) is 4.79 Å². The molecule has 18 heavy (non-hydrogen) atoms. The van der Waals surface area contributed by atoms with Gasteiger partial charge < -0.3 is 0 Å². The molecule has 0 aliphatic rings. The second kappa shape index (κ2) is 4.24. The Kier molecular flexibility index (Phi) is 2.58. The van der Waals surface area contributed by atoms with Gasteiger partial charge in [-0.1, -0.05) is 17.4 Å². The number of fused-ring (bicyclic) bond motifs is 1. The molecule has 3 heterocycles. The van der Waals surface area contributed by atoms with Gasteiger partial charge in [-0.25, -0.2) is 20.3 Å². The highest BCUT2D eigenvalue weighted by Gasteiger charge is 2.08. The summed E-state index contributed by atoms with van der Waals surface area (Å²) in [7, 11) is 0. The molecular formula is C10H10N6OS. The predicted molar refractivity (Wildman–Crippen MR) is 68.5 cm³/mol. The monoisotopic (exact) mass is 262 g/mol. The Morgan fingerprint density at radius 2 is 2.33 bits per heavy atom. The van der Waals surface area contributed by atoms with Crippen LogP contribution in [0.1, 0.15) is 4.88 Å². The van der Waals surface area contributed by atoms with Crippen LogP contribution in [0.4, 0.5) is 5.13 Å². The Bertz CT molecular complexity index is 742. The van der Waals surface area contributed by atoms with E-state index < -0.39 is 0 Å². The average Bonchev–Trinajstić information content (AvgIpc) is 2.97. The standard InChI is InChI=1S/C10H10N6OS/c11-13-9-12-5-7(18-9)6-16-10(17)15-4-2-1-3-8(15)14-16/h1-5H,6,11H2,(H,12,13). The van der Waals surface area contributed by atoms with Gasteiger partial charge >= 0.3 is 5.69 Å². The highest BCUT2D eigenvalue weighted by atomic mass is 32.1. The number of nitrogens with two attached hydrogens (primary N) is 1. The van der Waals surface area contributed by atoms with Crippen LogP contribution in [0.15, 0.2) is 35.4 Å². The third-order valence-electron chi connectivity index (χ3n) is 2.47. The summed E-state index contributed by atoms with van der Waals surface area (Å²) in [5.74, 6) is 5.26. The zero-order chi connectivity index (χ0) is 12.5. The first kappa shape index (κ1) is 10.9. The fourth-order valence-corrected chi connectivity index (χ4v) is 2.37. The third-order valence-corrected chi connectivity index (χ3v) is 3.38. The molecule has 3 N–H and O–H groups in total. The maximum absolute atomic E-state index is 12.0. The topological polar surface area (TPSA) is 90.2 Å². The Morgan fingerprint density at radius 3 is 3.06 bits per heavy atom. The number of pyridine rings is 1. The van der Waals surface area contributed by atoms with E-state index in [1.165, 1.54) is 20.4 Å². The molecule has 0 amide bonds. The number of nitrogens with zero attached hydrogens (tertiary/aromatic N) is 4. The molecule has 0 unspecified atom stereocenters. The number of hydrogen-bond acceptors (Lipinski definition) is 6. The van der Waals surface area contributed by atoms with E-state index in [4.69, 9.17) is 5.84 Å². The van der Waals surface area contributed by atoms with Crippen molar-refractivity contribution in [3.63, 3.8) is 0 Å². The van der Waals surface area contributed by atoms with Gasteiger partial charge in [-0.2, -0.15) is 0 Å². The zero-order valence-corrected chi connectivity index (χ0v) is 10.1. The molecule has 0 bridgehead atoms. The van der Waals surface area contributed by atoms with Crippen molar-refractivity contribution in [2.75, 3.05) is 5.43 Å². The lowest BCUT2D eigenvalue weighted by Crippen LogP contribution is -2.21. The van der Waals surface area contributed by atoms with E-state index in [0.717, 1.165) is 4.88 Å². The van der Waals surface area contributed by atoms with Crippen molar-refractivity contribution in [2.45, 2.75) is 6.54 Å². The fourth-order valence-electron chi connectivity index (χ4n) is 1.67. The normalized spacial score (nSPS) is 10.9. The molecule has 0 saturated heterocycles. The Balaban J connectivity index is 1.99. The Morgan fingerprint density at radius 1 is 1.44 bits per heavy atom. The van der Waals surface area contributed by atoms with E-state index >= 15 is 0 Å². The number of aromatic nitrogens is 4. The molecule has 3 rings (SSSR count). The molecule has 92 valence electrons. The van der Waals surface area contributed by atoms with Crippen LogP contribution in [-0.4, -0.2) is 19.2 Å². The fraction of sp³-hybridized carbons (Fsp3) is 0.100. The van der Waals surface area contributed by atoms with E-state index in [-0.39, 0.29) is 5.69 Å². The summed E-state index contributed by atoms with van der Waals surface area (Å²) < 4.78 is 2.91. The van der Waals surface area contributed by atoms with Crippen molar-refractivity contribution in [3.8, 4) is 0 Å². The molecule has 3 aromatic heterocycles. The molecule has 0 atom stereocenters. The number of nitrogen functional groups attached to an aromatic ring is 1. The van der Waals surface area contributed by atoms with Crippen molar-refractivity contribution >= 4 is 22.1 Å². The van der Waals surface area contributed by atoms with Crippen molar-refractivity contribution in [2.24, 2.45) is 5.84 Å². The first-order chi connectivity index (χ1) is 8.78. The van der Waals surface area contributed by atoms with Crippen LogP contribution < -0.4 is 17.0 Å². The van der Waals surface area contributed by atoms with Crippen molar-refractivity contribution in [1.82, 2.24) is 19.2 Å². The largest absolute Gasteiger partial charge is 0.350 e. The second-order valence-electron chi connectivity index (χ2n) is 3.65. The number of nitrogens with one attached hydrogen (secondary N) is 1. The summed E-state index contributed by atoms with van der Waals surface area (Å²) in [5, 5.41) is 4.85. The molecule has 0 saturated carbocycles. The highest BCUT2D eigenvalue weighted by molar-refractivity contribution is 7.15. The zero-order valence-electron chi connectivity index (χ0n) is 9.28. The van der Waals surface area contributed by atoms with E-state index in [1.54, 1.807) is 24.5 Å². The van der Waals surface area contributed by atoms with Crippen LogP contribution in [0.25, 0.3) is 5.65 Å². The molecule has 0 radical (unpaired) electrons. The van der Waals surface area contributed by atoms with Gasteiger partial charge in [0.2, 0.25) is 0 Å². The van der Waals surface area contributed by atoms with Crippen molar-refractivity contribution < 1.29 is 0 Å². The summed E-state index contributed by atoms with van der Waals surface area (Å²) in [5.41, 5.74) is 2.93. The molecular weight excluding hydrogens is 252 g/mol. The lowest BCUT2D eigenvalue weighted by atomic mass is 10.5. The van der Waals surface area contributed by atoms with Crippen molar-refractivity contribution in [1.29, 1.82) is 0 Å². The van der Waals surface area contributed by atoms with Gasteiger partial charge in [-0.3, -0.25) is 9.83 Å². The molecule has 0 aliphatic carbocycles. The number of thiazole rings is 1. The smallest absolute Gasteiger partial charge is 0.300 e. The van der Waals surface area contributed by atoms with Crippen LogP contribution in [0.3, 0.4) is 0 Å². The van der Waals surface area contributed by atoms with E-state index in [2.05, 4.69) is 15.5 Å². The number of rotatable bonds is 3. The van der Waals surface area contributed by atoms with Crippen molar-refractivity contribution in [3.05, 3.63) is 46.0 Å². The van der Waals surface area contributed by atoms with Crippen LogP contribution in [-0.2, 0) is 6.54 Å². The highest BCUT2D eigenvalue weighted by Crippen LogP contribution is 2.17. The average molecular weight is 262 g/mol. The minimum atomic E-state index is -0.166. The van der Waals surface area contributed by atoms with Gasteiger partial charge in [0, 0.05) is 17.3 Å². The molecule has 0 aliphatic heterocycles. The van der Waals surface area contributed by atoms with E-state index in [0.29, 0.717) is 17.3 Å². The minimum absolute atomic E-state index is 0.166. The summed E-state index contributed by atoms with van der Waals surface area (Å²) in [6.45, 7) is 0.389. The summed E-state index contributed by atoms with van der Waals surface area (Å²) in [4.78, 5) is 17.0. The SMILES string of the molecule is NNc1ncc(Cn2nc3ccccn3c2=O)s1. The number of hydrogen-bond donors (Lipinski definition) is 2. The molecule has 8 heteroatoms. The Hall–Kier alpha value is -2.19. The van der Waals surface area contributed by atoms with Gasteiger partial charge in [0.25, 0.3) is 0 Å². The first-order valence-electron chi connectivity index (χ1n) is 5.23. The molecule has 0 fully saturated rings. The lowest BCUT2D eigenvalue weighted by molar-refractivity contribution is 0.665. The molecule has 7 nitrogen and oxygen atoms in total. The minimum Gasteiger partial charge on any atom is -0.300 e.